The SMILES string of the molecule is O=C1NC(=O)C(c2ccc3ccccc3c2)C1Br. The predicted molar refractivity (Wildman–Crippen MR) is 72.6 cm³/mol. The molecule has 1 aliphatic heterocycles. The van der Waals surface area contributed by atoms with E-state index >= 15 is 0 Å². The van der Waals surface area contributed by atoms with E-state index in [9.17, 15) is 9.59 Å². The molecule has 0 saturated carbocycles. The van der Waals surface area contributed by atoms with Gasteiger partial charge in [0.1, 0.15) is 4.83 Å². The molecule has 1 saturated heterocycles. The lowest BCUT2D eigenvalue weighted by Gasteiger charge is -2.11. The molecule has 90 valence electrons. The first kappa shape index (κ1) is 11.4. The molecule has 0 spiro atoms. The zero-order chi connectivity index (χ0) is 12.7. The maximum absolute atomic E-state index is 11.8. The number of alkyl halides is 1. The van der Waals surface area contributed by atoms with Crippen molar-refractivity contribution in [1.29, 1.82) is 0 Å². The summed E-state index contributed by atoms with van der Waals surface area (Å²) in [6.45, 7) is 0. The molecule has 0 bridgehead atoms. The Morgan fingerprint density at radius 1 is 0.944 bits per heavy atom. The van der Waals surface area contributed by atoms with Gasteiger partial charge in [-0.3, -0.25) is 14.9 Å². The first-order chi connectivity index (χ1) is 8.66. The maximum atomic E-state index is 11.8. The standard InChI is InChI=1S/C14H10BrNO2/c15-12-11(13(17)16-14(12)18)10-6-5-8-3-1-2-4-9(8)7-10/h1-7,11-12H,(H,16,17,18). The van der Waals surface area contributed by atoms with Crippen LogP contribution in [-0.2, 0) is 9.59 Å². The topological polar surface area (TPSA) is 46.2 Å². The Morgan fingerprint density at radius 3 is 2.33 bits per heavy atom. The van der Waals surface area contributed by atoms with Crippen LogP contribution in [0.15, 0.2) is 42.5 Å². The number of hydrogen-bond donors (Lipinski definition) is 1. The number of halogens is 1. The van der Waals surface area contributed by atoms with Crippen molar-refractivity contribution in [2.24, 2.45) is 0 Å². The molecule has 2 amide bonds. The molecule has 2 atom stereocenters. The van der Waals surface area contributed by atoms with Crippen LogP contribution in [0.2, 0.25) is 0 Å². The summed E-state index contributed by atoms with van der Waals surface area (Å²) in [5, 5.41) is 4.53. The van der Waals surface area contributed by atoms with Crippen molar-refractivity contribution in [3.05, 3.63) is 48.0 Å². The average molecular weight is 304 g/mol. The summed E-state index contributed by atoms with van der Waals surface area (Å²) >= 11 is 3.28. The van der Waals surface area contributed by atoms with Crippen LogP contribution in [-0.4, -0.2) is 16.6 Å². The second kappa shape index (κ2) is 4.21. The van der Waals surface area contributed by atoms with Crippen LogP contribution in [0.3, 0.4) is 0 Å². The summed E-state index contributed by atoms with van der Waals surface area (Å²) in [7, 11) is 0. The van der Waals surface area contributed by atoms with Crippen LogP contribution in [0.4, 0.5) is 0 Å². The third-order valence-electron chi connectivity index (χ3n) is 3.20. The van der Waals surface area contributed by atoms with E-state index in [-0.39, 0.29) is 11.8 Å². The molecule has 1 fully saturated rings. The summed E-state index contributed by atoms with van der Waals surface area (Å²) in [4.78, 5) is 22.7. The highest BCUT2D eigenvalue weighted by Gasteiger charge is 2.40. The number of nitrogens with one attached hydrogen (secondary N) is 1. The molecular formula is C14H10BrNO2. The summed E-state index contributed by atoms with van der Waals surface area (Å²) in [5.74, 6) is -0.947. The average Bonchev–Trinajstić information content (AvgIpc) is 2.63. The van der Waals surface area contributed by atoms with Gasteiger partial charge in [0.25, 0.3) is 0 Å². The summed E-state index contributed by atoms with van der Waals surface area (Å²) in [6, 6.07) is 13.8. The van der Waals surface area contributed by atoms with E-state index in [2.05, 4.69) is 21.2 Å². The number of hydrogen-bond acceptors (Lipinski definition) is 2. The smallest absolute Gasteiger partial charge is 0.241 e. The molecule has 1 aliphatic rings. The van der Waals surface area contributed by atoms with Gasteiger partial charge in [-0.2, -0.15) is 0 Å². The van der Waals surface area contributed by atoms with E-state index in [4.69, 9.17) is 0 Å². The van der Waals surface area contributed by atoms with Gasteiger partial charge in [0.05, 0.1) is 5.92 Å². The van der Waals surface area contributed by atoms with Crippen molar-refractivity contribution < 1.29 is 9.59 Å². The third kappa shape index (κ3) is 1.73. The molecule has 1 heterocycles. The fourth-order valence-corrected chi connectivity index (χ4v) is 2.93. The lowest BCUT2D eigenvalue weighted by molar-refractivity contribution is -0.125. The minimum atomic E-state index is -0.480. The van der Waals surface area contributed by atoms with Gasteiger partial charge >= 0.3 is 0 Å². The van der Waals surface area contributed by atoms with Crippen LogP contribution < -0.4 is 5.32 Å². The van der Waals surface area contributed by atoms with Crippen molar-refractivity contribution in [2.45, 2.75) is 10.7 Å². The van der Waals surface area contributed by atoms with Gasteiger partial charge < -0.3 is 0 Å². The third-order valence-corrected chi connectivity index (χ3v) is 4.15. The van der Waals surface area contributed by atoms with Gasteiger partial charge in [-0.25, -0.2) is 0 Å². The van der Waals surface area contributed by atoms with Crippen LogP contribution in [0.5, 0.6) is 0 Å². The van der Waals surface area contributed by atoms with Gasteiger partial charge in [-0.05, 0) is 16.3 Å². The molecule has 3 nitrogen and oxygen atoms in total. The Bertz CT molecular complexity index is 653. The Labute approximate surface area is 112 Å². The molecule has 2 aromatic carbocycles. The zero-order valence-electron chi connectivity index (χ0n) is 9.39. The van der Waals surface area contributed by atoms with E-state index in [1.165, 1.54) is 0 Å². The molecule has 3 rings (SSSR count). The highest BCUT2D eigenvalue weighted by Crippen LogP contribution is 2.31. The quantitative estimate of drug-likeness (QED) is 0.649. The minimum Gasteiger partial charge on any atom is -0.295 e. The molecule has 4 heteroatoms. The minimum absolute atomic E-state index is 0.239. The van der Waals surface area contributed by atoms with Gasteiger partial charge in [0, 0.05) is 0 Å². The van der Waals surface area contributed by atoms with E-state index in [1.54, 1.807) is 0 Å². The number of rotatable bonds is 1. The molecule has 18 heavy (non-hydrogen) atoms. The van der Waals surface area contributed by atoms with Gasteiger partial charge in [-0.15, -0.1) is 0 Å². The van der Waals surface area contributed by atoms with Gasteiger partial charge in [-0.1, -0.05) is 58.4 Å². The molecular weight excluding hydrogens is 294 g/mol. The van der Waals surface area contributed by atoms with Gasteiger partial charge in [0.15, 0.2) is 0 Å². The maximum Gasteiger partial charge on any atom is 0.241 e. The normalized spacial score (nSPS) is 23.4. The monoisotopic (exact) mass is 303 g/mol. The number of benzene rings is 2. The van der Waals surface area contributed by atoms with Crippen molar-refractivity contribution in [3.8, 4) is 0 Å². The number of fused-ring (bicyclic) bond motifs is 1. The fourth-order valence-electron chi connectivity index (χ4n) is 2.27. The van der Waals surface area contributed by atoms with Crippen molar-refractivity contribution >= 4 is 38.5 Å². The second-order valence-corrected chi connectivity index (χ2v) is 5.33. The first-order valence-corrected chi connectivity index (χ1v) is 6.56. The molecule has 2 aromatic rings. The summed E-state index contributed by atoms with van der Waals surface area (Å²) in [5.41, 5.74) is 0.860. The lowest BCUT2D eigenvalue weighted by Crippen LogP contribution is -2.22. The summed E-state index contributed by atoms with van der Waals surface area (Å²) in [6.07, 6.45) is 0. The Kier molecular flexibility index (Phi) is 2.67. The zero-order valence-corrected chi connectivity index (χ0v) is 11.0. The Hall–Kier alpha value is -1.68. The second-order valence-electron chi connectivity index (χ2n) is 4.34. The molecule has 0 aliphatic carbocycles. The highest BCUT2D eigenvalue weighted by molar-refractivity contribution is 9.10. The largest absolute Gasteiger partial charge is 0.295 e. The van der Waals surface area contributed by atoms with Crippen molar-refractivity contribution in [1.82, 2.24) is 5.32 Å². The number of carbonyl (C=O) groups excluding carboxylic acids is 2. The van der Waals surface area contributed by atoms with E-state index in [0.717, 1.165) is 16.3 Å². The van der Waals surface area contributed by atoms with Crippen LogP contribution in [0.1, 0.15) is 11.5 Å². The lowest BCUT2D eigenvalue weighted by atomic mass is 9.95. The molecule has 2 unspecified atom stereocenters. The molecule has 1 N–H and O–H groups in total. The van der Waals surface area contributed by atoms with E-state index in [0.29, 0.717) is 0 Å². The Balaban J connectivity index is 2.09. The predicted octanol–water partition coefficient (Wildman–Crippen LogP) is 2.34. The van der Waals surface area contributed by atoms with Crippen LogP contribution in [0, 0.1) is 0 Å². The van der Waals surface area contributed by atoms with E-state index < -0.39 is 10.7 Å². The number of carbonyl (C=O) groups is 2. The van der Waals surface area contributed by atoms with E-state index in [1.807, 2.05) is 42.5 Å². The number of imide groups is 1. The van der Waals surface area contributed by atoms with Crippen LogP contribution >= 0.6 is 15.9 Å². The first-order valence-electron chi connectivity index (χ1n) is 5.64. The van der Waals surface area contributed by atoms with Crippen molar-refractivity contribution in [3.63, 3.8) is 0 Å². The van der Waals surface area contributed by atoms with Gasteiger partial charge in [0.2, 0.25) is 11.8 Å². The Morgan fingerprint density at radius 2 is 1.67 bits per heavy atom. The fraction of sp³-hybridized carbons (Fsp3) is 0.143. The number of amides is 2. The molecule has 0 aromatic heterocycles. The molecule has 0 radical (unpaired) electrons. The van der Waals surface area contributed by atoms with Crippen LogP contribution in [0.25, 0.3) is 10.8 Å². The summed E-state index contributed by atoms with van der Waals surface area (Å²) < 4.78 is 0. The van der Waals surface area contributed by atoms with Crippen molar-refractivity contribution in [2.75, 3.05) is 0 Å². The highest BCUT2D eigenvalue weighted by atomic mass is 79.9.